The smallest absolute Gasteiger partial charge is 0.258 e. The molecular weight excluding hydrogens is 246 g/mol. The Hall–Kier alpha value is -1.16. The summed E-state index contributed by atoms with van der Waals surface area (Å²) in [7, 11) is 0. The molecule has 14 heavy (non-hydrogen) atoms. The van der Waals surface area contributed by atoms with Crippen LogP contribution in [0.2, 0.25) is 0 Å². The summed E-state index contributed by atoms with van der Waals surface area (Å²) in [6.07, 6.45) is 1.94. The van der Waals surface area contributed by atoms with Crippen LogP contribution in [0.5, 0.6) is 0 Å². The lowest BCUT2D eigenvalue weighted by molar-refractivity contribution is -0.384. The highest BCUT2D eigenvalue weighted by Gasteiger charge is 2.07. The van der Waals surface area contributed by atoms with Crippen LogP contribution in [0.1, 0.15) is 12.5 Å². The first-order chi connectivity index (χ1) is 6.69. The van der Waals surface area contributed by atoms with Crippen LogP contribution in [0.15, 0.2) is 30.3 Å². The SMILES string of the molecule is CC=C(CBr)c1cccc([N+](=O)[O-])c1. The zero-order valence-corrected chi connectivity index (χ0v) is 9.32. The lowest BCUT2D eigenvalue weighted by Gasteiger charge is -2.02. The predicted molar refractivity (Wildman–Crippen MR) is 60.5 cm³/mol. The van der Waals surface area contributed by atoms with E-state index in [1.807, 2.05) is 19.1 Å². The Morgan fingerprint density at radius 2 is 2.36 bits per heavy atom. The maximum atomic E-state index is 10.5. The van der Waals surface area contributed by atoms with Gasteiger partial charge in [-0.05, 0) is 18.1 Å². The van der Waals surface area contributed by atoms with Crippen LogP contribution >= 0.6 is 15.9 Å². The van der Waals surface area contributed by atoms with Crippen molar-refractivity contribution in [2.45, 2.75) is 6.92 Å². The van der Waals surface area contributed by atoms with Gasteiger partial charge in [0.25, 0.3) is 5.69 Å². The summed E-state index contributed by atoms with van der Waals surface area (Å²) in [6, 6.07) is 6.63. The molecule has 0 unspecified atom stereocenters. The number of rotatable bonds is 3. The molecule has 4 heteroatoms. The normalized spacial score (nSPS) is 11.4. The third-order valence-corrected chi connectivity index (χ3v) is 2.52. The van der Waals surface area contributed by atoms with Crippen LogP contribution in [0.4, 0.5) is 5.69 Å². The van der Waals surface area contributed by atoms with Crippen molar-refractivity contribution >= 4 is 27.2 Å². The van der Waals surface area contributed by atoms with Gasteiger partial charge in [0.2, 0.25) is 0 Å². The van der Waals surface area contributed by atoms with E-state index in [2.05, 4.69) is 15.9 Å². The molecule has 0 saturated carbocycles. The molecular formula is C10H10BrNO2. The number of alkyl halides is 1. The van der Waals surface area contributed by atoms with Gasteiger partial charge in [-0.25, -0.2) is 0 Å². The van der Waals surface area contributed by atoms with Crippen LogP contribution in [-0.4, -0.2) is 10.3 Å². The number of hydrogen-bond acceptors (Lipinski definition) is 2. The molecule has 0 aliphatic heterocycles. The van der Waals surface area contributed by atoms with E-state index in [9.17, 15) is 10.1 Å². The molecule has 0 radical (unpaired) electrons. The molecule has 0 N–H and O–H groups in total. The van der Waals surface area contributed by atoms with Gasteiger partial charge in [0.15, 0.2) is 0 Å². The van der Waals surface area contributed by atoms with E-state index in [1.54, 1.807) is 12.1 Å². The van der Waals surface area contributed by atoms with Crippen LogP contribution < -0.4 is 0 Å². The van der Waals surface area contributed by atoms with Crippen LogP contribution in [0.25, 0.3) is 5.57 Å². The van der Waals surface area contributed by atoms with E-state index in [1.165, 1.54) is 6.07 Å². The summed E-state index contributed by atoms with van der Waals surface area (Å²) >= 11 is 3.34. The molecule has 3 nitrogen and oxygen atoms in total. The minimum Gasteiger partial charge on any atom is -0.258 e. The summed E-state index contributed by atoms with van der Waals surface area (Å²) < 4.78 is 0. The van der Waals surface area contributed by atoms with Crippen molar-refractivity contribution in [3.8, 4) is 0 Å². The highest BCUT2D eigenvalue weighted by atomic mass is 79.9. The maximum Gasteiger partial charge on any atom is 0.270 e. The van der Waals surface area contributed by atoms with E-state index in [0.29, 0.717) is 5.33 Å². The number of benzene rings is 1. The third kappa shape index (κ3) is 2.42. The molecule has 0 heterocycles. The van der Waals surface area contributed by atoms with Gasteiger partial charge in [-0.1, -0.05) is 34.1 Å². The number of non-ortho nitro benzene ring substituents is 1. The molecule has 1 rings (SSSR count). The summed E-state index contributed by atoms with van der Waals surface area (Å²) in [5.41, 5.74) is 2.06. The first-order valence-corrected chi connectivity index (χ1v) is 5.27. The van der Waals surface area contributed by atoms with Gasteiger partial charge in [-0.2, -0.15) is 0 Å². The van der Waals surface area contributed by atoms with Crippen molar-refractivity contribution in [3.05, 3.63) is 46.0 Å². The Morgan fingerprint density at radius 1 is 1.64 bits per heavy atom. The van der Waals surface area contributed by atoms with Crippen LogP contribution in [0.3, 0.4) is 0 Å². The first-order valence-electron chi connectivity index (χ1n) is 4.15. The van der Waals surface area contributed by atoms with E-state index in [0.717, 1.165) is 11.1 Å². The van der Waals surface area contributed by atoms with E-state index < -0.39 is 0 Å². The average Bonchev–Trinajstić information content (AvgIpc) is 2.20. The van der Waals surface area contributed by atoms with Gasteiger partial charge >= 0.3 is 0 Å². The molecule has 0 amide bonds. The molecule has 74 valence electrons. The van der Waals surface area contributed by atoms with Crippen LogP contribution in [0, 0.1) is 10.1 Å². The average molecular weight is 256 g/mol. The van der Waals surface area contributed by atoms with Gasteiger partial charge in [0, 0.05) is 17.5 Å². The minimum absolute atomic E-state index is 0.128. The Morgan fingerprint density at radius 3 is 2.86 bits per heavy atom. The lowest BCUT2D eigenvalue weighted by atomic mass is 10.1. The standard InChI is InChI=1S/C10H10BrNO2/c1-2-8(7-11)9-4-3-5-10(6-9)12(13)14/h2-6H,7H2,1H3. The molecule has 0 aliphatic carbocycles. The van der Waals surface area contributed by atoms with E-state index in [4.69, 9.17) is 0 Å². The number of allylic oxidation sites excluding steroid dienone is 2. The largest absolute Gasteiger partial charge is 0.270 e. The van der Waals surface area contributed by atoms with Crippen molar-refractivity contribution in [1.29, 1.82) is 0 Å². The van der Waals surface area contributed by atoms with Crippen molar-refractivity contribution in [1.82, 2.24) is 0 Å². The maximum absolute atomic E-state index is 10.5. The fourth-order valence-electron chi connectivity index (χ4n) is 1.14. The lowest BCUT2D eigenvalue weighted by Crippen LogP contribution is -1.90. The minimum atomic E-state index is -0.384. The van der Waals surface area contributed by atoms with Crippen molar-refractivity contribution in [2.75, 3.05) is 5.33 Å². The number of nitro groups is 1. The molecule has 0 saturated heterocycles. The highest BCUT2D eigenvalue weighted by molar-refractivity contribution is 9.09. The van der Waals surface area contributed by atoms with Gasteiger partial charge in [-0.15, -0.1) is 0 Å². The number of nitro benzene ring substituents is 1. The Kier molecular flexibility index (Phi) is 3.83. The molecule has 1 aromatic rings. The molecule has 0 aliphatic rings. The van der Waals surface area contributed by atoms with E-state index >= 15 is 0 Å². The number of nitrogens with zero attached hydrogens (tertiary/aromatic N) is 1. The summed E-state index contributed by atoms with van der Waals surface area (Å²) in [5, 5.41) is 11.2. The Balaban J connectivity index is 3.11. The number of halogens is 1. The predicted octanol–water partition coefficient (Wildman–Crippen LogP) is 3.39. The van der Waals surface area contributed by atoms with Crippen molar-refractivity contribution in [2.24, 2.45) is 0 Å². The second-order valence-electron chi connectivity index (χ2n) is 2.75. The van der Waals surface area contributed by atoms with Gasteiger partial charge in [0.05, 0.1) is 4.92 Å². The molecule has 1 aromatic carbocycles. The Labute approximate surface area is 90.7 Å². The number of hydrogen-bond donors (Lipinski definition) is 0. The zero-order chi connectivity index (χ0) is 10.6. The van der Waals surface area contributed by atoms with Gasteiger partial charge < -0.3 is 0 Å². The molecule has 0 aromatic heterocycles. The zero-order valence-electron chi connectivity index (χ0n) is 7.74. The fraction of sp³-hybridized carbons (Fsp3) is 0.200. The topological polar surface area (TPSA) is 43.1 Å². The van der Waals surface area contributed by atoms with Gasteiger partial charge in [-0.3, -0.25) is 10.1 Å². The summed E-state index contributed by atoms with van der Waals surface area (Å²) in [6.45, 7) is 1.91. The second kappa shape index (κ2) is 4.91. The molecule has 0 fully saturated rings. The molecule has 0 spiro atoms. The monoisotopic (exact) mass is 255 g/mol. The fourth-order valence-corrected chi connectivity index (χ4v) is 1.79. The van der Waals surface area contributed by atoms with Crippen molar-refractivity contribution in [3.63, 3.8) is 0 Å². The second-order valence-corrected chi connectivity index (χ2v) is 3.32. The highest BCUT2D eigenvalue weighted by Crippen LogP contribution is 2.21. The van der Waals surface area contributed by atoms with Crippen molar-refractivity contribution < 1.29 is 4.92 Å². The molecule has 0 atom stereocenters. The quantitative estimate of drug-likeness (QED) is 0.472. The van der Waals surface area contributed by atoms with Crippen LogP contribution in [-0.2, 0) is 0 Å². The van der Waals surface area contributed by atoms with E-state index in [-0.39, 0.29) is 10.6 Å². The summed E-state index contributed by atoms with van der Waals surface area (Å²) in [5.74, 6) is 0. The third-order valence-electron chi connectivity index (χ3n) is 1.92. The summed E-state index contributed by atoms with van der Waals surface area (Å²) in [4.78, 5) is 10.1. The molecule has 0 bridgehead atoms. The van der Waals surface area contributed by atoms with Gasteiger partial charge in [0.1, 0.15) is 0 Å². The Bertz CT molecular complexity index is 374. The first kappa shape index (κ1) is 10.9.